The number of rotatable bonds is 4. The molecule has 0 bridgehead atoms. The maximum absolute atomic E-state index is 13.6. The third-order valence-corrected chi connectivity index (χ3v) is 4.92. The smallest absolute Gasteiger partial charge is 0.251 e. The minimum absolute atomic E-state index is 0.00198. The molecule has 6 heteroatoms. The van der Waals surface area contributed by atoms with Crippen LogP contribution in [0.3, 0.4) is 0 Å². The first kappa shape index (κ1) is 18.5. The lowest BCUT2D eigenvalue weighted by molar-refractivity contribution is 0.0287. The van der Waals surface area contributed by atoms with Crippen LogP contribution in [0.25, 0.3) is 22.2 Å². The van der Waals surface area contributed by atoms with E-state index in [2.05, 4.69) is 15.6 Å². The Labute approximate surface area is 162 Å². The number of amides is 1. The Morgan fingerprint density at radius 3 is 2.82 bits per heavy atom. The minimum Gasteiger partial charge on any atom is -0.374 e. The number of hydrogen-bond acceptors (Lipinski definition) is 4. The number of carbonyl (C=O) groups is 1. The molecule has 1 unspecified atom stereocenters. The van der Waals surface area contributed by atoms with Gasteiger partial charge in [-0.25, -0.2) is 9.37 Å². The van der Waals surface area contributed by atoms with Crippen molar-refractivity contribution in [2.24, 2.45) is 0 Å². The molecule has 28 heavy (non-hydrogen) atoms. The van der Waals surface area contributed by atoms with Gasteiger partial charge in [0.25, 0.3) is 5.91 Å². The summed E-state index contributed by atoms with van der Waals surface area (Å²) in [4.78, 5) is 16.9. The molecule has 1 amide bonds. The van der Waals surface area contributed by atoms with Gasteiger partial charge in [0.05, 0.1) is 23.9 Å². The Bertz CT molecular complexity index is 999. The quantitative estimate of drug-likeness (QED) is 0.731. The fraction of sp³-hybridized carbons (Fsp3) is 0.273. The van der Waals surface area contributed by atoms with Crippen LogP contribution in [0.5, 0.6) is 0 Å². The van der Waals surface area contributed by atoms with Gasteiger partial charge in [-0.1, -0.05) is 12.1 Å². The molecule has 1 aromatic heterocycles. The second kappa shape index (κ2) is 8.04. The van der Waals surface area contributed by atoms with Crippen LogP contribution < -0.4 is 10.6 Å². The molecule has 5 nitrogen and oxygen atoms in total. The molecule has 3 aromatic rings. The van der Waals surface area contributed by atoms with E-state index in [0.29, 0.717) is 24.2 Å². The number of aromatic nitrogens is 1. The number of ether oxygens (including phenoxy) is 1. The SMILES string of the molecule is Cc1cc(-c2ccc(C(=O)NCC3CNCCO3)cc2)nc2cc(F)ccc12. The van der Waals surface area contributed by atoms with Crippen LogP contribution in [0.1, 0.15) is 15.9 Å². The summed E-state index contributed by atoms with van der Waals surface area (Å²) in [5.41, 5.74) is 3.87. The lowest BCUT2D eigenvalue weighted by Crippen LogP contribution is -2.45. The van der Waals surface area contributed by atoms with E-state index in [1.807, 2.05) is 25.1 Å². The highest BCUT2D eigenvalue weighted by Crippen LogP contribution is 2.25. The molecule has 0 aliphatic carbocycles. The number of halogens is 1. The van der Waals surface area contributed by atoms with Crippen LogP contribution in [0.15, 0.2) is 48.5 Å². The summed E-state index contributed by atoms with van der Waals surface area (Å²) in [5.74, 6) is -0.439. The van der Waals surface area contributed by atoms with Gasteiger partial charge in [0.15, 0.2) is 0 Å². The van der Waals surface area contributed by atoms with E-state index >= 15 is 0 Å². The molecule has 1 fully saturated rings. The van der Waals surface area contributed by atoms with Gasteiger partial charge in [-0.15, -0.1) is 0 Å². The highest BCUT2D eigenvalue weighted by atomic mass is 19.1. The third-order valence-electron chi connectivity index (χ3n) is 4.92. The van der Waals surface area contributed by atoms with Crippen molar-refractivity contribution in [3.05, 3.63) is 65.5 Å². The normalized spacial score (nSPS) is 16.9. The van der Waals surface area contributed by atoms with Crippen LogP contribution >= 0.6 is 0 Å². The van der Waals surface area contributed by atoms with Gasteiger partial charge in [0.1, 0.15) is 5.82 Å². The zero-order chi connectivity index (χ0) is 19.5. The second-order valence-corrected chi connectivity index (χ2v) is 6.97. The summed E-state index contributed by atoms with van der Waals surface area (Å²) in [6, 6.07) is 13.9. The fourth-order valence-electron chi connectivity index (χ4n) is 3.38. The van der Waals surface area contributed by atoms with Crippen molar-refractivity contribution in [3.63, 3.8) is 0 Å². The molecular weight excluding hydrogens is 357 g/mol. The maximum Gasteiger partial charge on any atom is 0.251 e. The fourth-order valence-corrected chi connectivity index (χ4v) is 3.38. The van der Waals surface area contributed by atoms with Gasteiger partial charge in [-0.05, 0) is 42.8 Å². The van der Waals surface area contributed by atoms with Gasteiger partial charge in [-0.3, -0.25) is 4.79 Å². The van der Waals surface area contributed by atoms with Crippen LogP contribution in [-0.2, 0) is 4.74 Å². The number of hydrogen-bond donors (Lipinski definition) is 2. The van der Waals surface area contributed by atoms with Crippen molar-refractivity contribution in [1.29, 1.82) is 0 Å². The largest absolute Gasteiger partial charge is 0.374 e. The van der Waals surface area contributed by atoms with E-state index in [4.69, 9.17) is 4.74 Å². The third kappa shape index (κ3) is 4.03. The van der Waals surface area contributed by atoms with Crippen LogP contribution in [0.4, 0.5) is 4.39 Å². The van der Waals surface area contributed by atoms with Crippen molar-refractivity contribution in [2.45, 2.75) is 13.0 Å². The Morgan fingerprint density at radius 2 is 2.07 bits per heavy atom. The molecule has 1 aliphatic heterocycles. The molecule has 2 N–H and O–H groups in total. The molecule has 144 valence electrons. The summed E-state index contributed by atoms with van der Waals surface area (Å²) >= 11 is 0. The topological polar surface area (TPSA) is 63.2 Å². The molecule has 2 aromatic carbocycles. The van der Waals surface area contributed by atoms with Gasteiger partial charge in [0, 0.05) is 42.2 Å². The standard InChI is InChI=1S/C22H22FN3O2/c1-14-10-20(26-21-11-17(23)6-7-19(14)21)15-2-4-16(5-3-15)22(27)25-13-18-12-24-8-9-28-18/h2-7,10-11,18,24H,8-9,12-13H2,1H3,(H,25,27). The predicted molar refractivity (Wildman–Crippen MR) is 107 cm³/mol. The Hall–Kier alpha value is -2.83. The number of aryl methyl sites for hydroxylation is 1. The zero-order valence-corrected chi connectivity index (χ0v) is 15.7. The number of pyridine rings is 1. The first-order valence-electron chi connectivity index (χ1n) is 9.38. The molecule has 1 saturated heterocycles. The predicted octanol–water partition coefficient (Wildman–Crippen LogP) is 3.07. The van der Waals surface area contributed by atoms with E-state index < -0.39 is 0 Å². The maximum atomic E-state index is 13.6. The average molecular weight is 379 g/mol. The summed E-state index contributed by atoms with van der Waals surface area (Å²) < 4.78 is 19.1. The summed E-state index contributed by atoms with van der Waals surface area (Å²) in [6.45, 7) is 4.71. The number of nitrogens with zero attached hydrogens (tertiary/aromatic N) is 1. The van der Waals surface area contributed by atoms with Crippen molar-refractivity contribution in [3.8, 4) is 11.3 Å². The Morgan fingerprint density at radius 1 is 1.25 bits per heavy atom. The number of benzene rings is 2. The van der Waals surface area contributed by atoms with Crippen molar-refractivity contribution in [1.82, 2.24) is 15.6 Å². The lowest BCUT2D eigenvalue weighted by Gasteiger charge is -2.23. The number of carbonyl (C=O) groups excluding carboxylic acids is 1. The second-order valence-electron chi connectivity index (χ2n) is 6.97. The first-order valence-corrected chi connectivity index (χ1v) is 9.38. The van der Waals surface area contributed by atoms with Crippen molar-refractivity contribution >= 4 is 16.8 Å². The average Bonchev–Trinajstić information content (AvgIpc) is 2.72. The highest BCUT2D eigenvalue weighted by molar-refractivity contribution is 5.94. The molecule has 1 aliphatic rings. The van der Waals surface area contributed by atoms with Crippen molar-refractivity contribution < 1.29 is 13.9 Å². The molecule has 0 saturated carbocycles. The summed E-state index contributed by atoms with van der Waals surface area (Å²) in [6.07, 6.45) is 0.00198. The molecule has 1 atom stereocenters. The summed E-state index contributed by atoms with van der Waals surface area (Å²) in [7, 11) is 0. The van der Waals surface area contributed by atoms with E-state index in [-0.39, 0.29) is 17.8 Å². The monoisotopic (exact) mass is 379 g/mol. The molecular formula is C22H22FN3O2. The molecule has 0 radical (unpaired) electrons. The number of nitrogens with one attached hydrogen (secondary N) is 2. The summed E-state index contributed by atoms with van der Waals surface area (Å²) in [5, 5.41) is 7.08. The zero-order valence-electron chi connectivity index (χ0n) is 15.7. The lowest BCUT2D eigenvalue weighted by atomic mass is 10.0. The van der Waals surface area contributed by atoms with Crippen molar-refractivity contribution in [2.75, 3.05) is 26.2 Å². The van der Waals surface area contributed by atoms with E-state index in [9.17, 15) is 9.18 Å². The van der Waals surface area contributed by atoms with Crippen LogP contribution in [-0.4, -0.2) is 43.2 Å². The first-order chi connectivity index (χ1) is 13.6. The van der Waals surface area contributed by atoms with Gasteiger partial charge in [0.2, 0.25) is 0 Å². The van der Waals surface area contributed by atoms with Crippen LogP contribution in [0.2, 0.25) is 0 Å². The molecule has 2 heterocycles. The number of morpholine rings is 1. The van der Waals surface area contributed by atoms with E-state index in [1.54, 1.807) is 18.2 Å². The molecule has 4 rings (SSSR count). The highest BCUT2D eigenvalue weighted by Gasteiger charge is 2.15. The van der Waals surface area contributed by atoms with E-state index in [0.717, 1.165) is 35.3 Å². The van der Waals surface area contributed by atoms with E-state index in [1.165, 1.54) is 12.1 Å². The van der Waals surface area contributed by atoms with Gasteiger partial charge >= 0.3 is 0 Å². The van der Waals surface area contributed by atoms with Gasteiger partial charge in [-0.2, -0.15) is 0 Å². The molecule has 0 spiro atoms. The Balaban J connectivity index is 1.49. The van der Waals surface area contributed by atoms with Crippen LogP contribution in [0, 0.1) is 12.7 Å². The minimum atomic E-state index is -0.305. The Kier molecular flexibility index (Phi) is 5.32. The van der Waals surface area contributed by atoms with Gasteiger partial charge < -0.3 is 15.4 Å². The number of fused-ring (bicyclic) bond motifs is 1.